The molecule has 1 aromatic rings. The third-order valence-electron chi connectivity index (χ3n) is 3.59. The number of amides is 1. The molecule has 4 heteroatoms. The third-order valence-corrected chi connectivity index (χ3v) is 4.64. The number of piperidine rings is 1. The average Bonchev–Trinajstić information content (AvgIpc) is 2.91. The lowest BCUT2D eigenvalue weighted by Crippen LogP contribution is -2.30. The molecule has 0 radical (unpaired) electrons. The van der Waals surface area contributed by atoms with E-state index in [0.29, 0.717) is 6.42 Å². The fourth-order valence-corrected chi connectivity index (χ4v) is 3.16. The second kappa shape index (κ2) is 6.90. The maximum atomic E-state index is 11.9. The highest BCUT2D eigenvalue weighted by atomic mass is 32.1. The minimum absolute atomic E-state index is 0.144. The Labute approximate surface area is 113 Å². The molecule has 0 bridgehead atoms. The predicted molar refractivity (Wildman–Crippen MR) is 75.7 cm³/mol. The molecule has 1 amide bonds. The Morgan fingerprint density at radius 3 is 3.00 bits per heavy atom. The molecule has 0 aromatic carbocycles. The lowest BCUT2D eigenvalue weighted by atomic mass is 9.93. The molecule has 1 atom stereocenters. The Hall–Kier alpha value is -0.870. The first kappa shape index (κ1) is 13.6. The highest BCUT2D eigenvalue weighted by molar-refractivity contribution is 7.10. The van der Waals surface area contributed by atoms with Gasteiger partial charge >= 0.3 is 0 Å². The van der Waals surface area contributed by atoms with Crippen molar-refractivity contribution < 1.29 is 4.79 Å². The fraction of sp³-hybridized carbons (Fsp3) is 0.643. The summed E-state index contributed by atoms with van der Waals surface area (Å²) in [6.07, 6.45) is 4.13. The molecule has 0 aliphatic carbocycles. The molecule has 18 heavy (non-hydrogen) atoms. The molecule has 2 heterocycles. The second-order valence-electron chi connectivity index (χ2n) is 5.04. The van der Waals surface area contributed by atoms with E-state index in [1.54, 1.807) is 11.3 Å². The number of rotatable bonds is 5. The summed E-state index contributed by atoms with van der Waals surface area (Å²) in [4.78, 5) is 13.1. The smallest absolute Gasteiger partial charge is 0.220 e. The topological polar surface area (TPSA) is 41.1 Å². The molecule has 0 spiro atoms. The molecule has 1 aliphatic rings. The van der Waals surface area contributed by atoms with Gasteiger partial charge < -0.3 is 10.6 Å². The third kappa shape index (κ3) is 4.10. The zero-order valence-corrected chi connectivity index (χ0v) is 11.8. The maximum absolute atomic E-state index is 11.9. The lowest BCUT2D eigenvalue weighted by molar-refractivity contribution is -0.122. The van der Waals surface area contributed by atoms with E-state index in [0.717, 1.165) is 25.4 Å². The van der Waals surface area contributed by atoms with Crippen molar-refractivity contribution in [2.24, 2.45) is 5.92 Å². The van der Waals surface area contributed by atoms with Crippen molar-refractivity contribution in [1.82, 2.24) is 10.6 Å². The lowest BCUT2D eigenvalue weighted by Gasteiger charge is -2.22. The minimum atomic E-state index is 0.144. The Morgan fingerprint density at radius 1 is 1.56 bits per heavy atom. The van der Waals surface area contributed by atoms with Crippen LogP contribution in [-0.4, -0.2) is 19.0 Å². The van der Waals surface area contributed by atoms with Crippen LogP contribution in [0.15, 0.2) is 17.5 Å². The molecule has 2 N–H and O–H groups in total. The highest BCUT2D eigenvalue weighted by Gasteiger charge is 2.15. The molecule has 2 rings (SSSR count). The molecule has 1 fully saturated rings. The Balaban J connectivity index is 1.68. The van der Waals surface area contributed by atoms with Crippen LogP contribution in [-0.2, 0) is 4.79 Å². The number of carbonyl (C=O) groups is 1. The standard InChI is InChI=1S/C14H22N2OS/c1-11(13-3-2-10-18-13)16-14(17)5-4-12-6-8-15-9-7-12/h2-3,10-12,15H,4-9H2,1H3,(H,16,17)/t11-/m1/s1. The zero-order valence-electron chi connectivity index (χ0n) is 10.9. The van der Waals surface area contributed by atoms with Crippen LogP contribution >= 0.6 is 11.3 Å². The van der Waals surface area contributed by atoms with Gasteiger partial charge in [-0.15, -0.1) is 11.3 Å². The van der Waals surface area contributed by atoms with Gasteiger partial charge in [-0.05, 0) is 56.6 Å². The van der Waals surface area contributed by atoms with E-state index in [1.807, 2.05) is 18.4 Å². The molecule has 0 saturated carbocycles. The largest absolute Gasteiger partial charge is 0.349 e. The summed E-state index contributed by atoms with van der Waals surface area (Å²) in [5, 5.41) is 8.48. The van der Waals surface area contributed by atoms with E-state index in [2.05, 4.69) is 16.7 Å². The number of nitrogens with one attached hydrogen (secondary N) is 2. The average molecular weight is 266 g/mol. The van der Waals surface area contributed by atoms with Crippen molar-refractivity contribution in [3.05, 3.63) is 22.4 Å². The van der Waals surface area contributed by atoms with Crippen molar-refractivity contribution >= 4 is 17.2 Å². The Bertz CT molecular complexity index is 358. The van der Waals surface area contributed by atoms with Gasteiger partial charge in [0, 0.05) is 11.3 Å². The van der Waals surface area contributed by atoms with Gasteiger partial charge in [-0.2, -0.15) is 0 Å². The van der Waals surface area contributed by atoms with E-state index in [1.165, 1.54) is 17.7 Å². The van der Waals surface area contributed by atoms with Gasteiger partial charge in [0.05, 0.1) is 6.04 Å². The summed E-state index contributed by atoms with van der Waals surface area (Å²) in [6, 6.07) is 4.24. The maximum Gasteiger partial charge on any atom is 0.220 e. The van der Waals surface area contributed by atoms with E-state index in [-0.39, 0.29) is 11.9 Å². The molecular formula is C14H22N2OS. The van der Waals surface area contributed by atoms with Crippen molar-refractivity contribution in [3.8, 4) is 0 Å². The molecule has 0 unspecified atom stereocenters. The normalized spacial score (nSPS) is 18.5. The van der Waals surface area contributed by atoms with E-state index >= 15 is 0 Å². The van der Waals surface area contributed by atoms with Crippen LogP contribution in [0.3, 0.4) is 0 Å². The summed E-state index contributed by atoms with van der Waals surface area (Å²) in [5.74, 6) is 0.920. The van der Waals surface area contributed by atoms with Gasteiger partial charge in [0.1, 0.15) is 0 Å². The van der Waals surface area contributed by atoms with Gasteiger partial charge in [0.25, 0.3) is 0 Å². The Morgan fingerprint density at radius 2 is 2.33 bits per heavy atom. The predicted octanol–water partition coefficient (Wildman–Crippen LogP) is 2.71. The summed E-state index contributed by atoms with van der Waals surface area (Å²) in [7, 11) is 0. The van der Waals surface area contributed by atoms with Crippen LogP contribution in [0.25, 0.3) is 0 Å². The molecule has 1 saturated heterocycles. The highest BCUT2D eigenvalue weighted by Crippen LogP contribution is 2.20. The molecule has 1 aromatic heterocycles. The van der Waals surface area contributed by atoms with Gasteiger partial charge in [-0.3, -0.25) is 4.79 Å². The first-order valence-corrected chi connectivity index (χ1v) is 7.67. The van der Waals surface area contributed by atoms with Gasteiger partial charge in [-0.1, -0.05) is 6.07 Å². The van der Waals surface area contributed by atoms with E-state index < -0.39 is 0 Å². The quantitative estimate of drug-likeness (QED) is 0.860. The van der Waals surface area contributed by atoms with Crippen LogP contribution in [0, 0.1) is 5.92 Å². The van der Waals surface area contributed by atoms with E-state index in [9.17, 15) is 4.79 Å². The molecule has 1 aliphatic heterocycles. The number of hydrogen-bond donors (Lipinski definition) is 2. The summed E-state index contributed by atoms with van der Waals surface area (Å²) in [5.41, 5.74) is 0. The molecular weight excluding hydrogens is 244 g/mol. The van der Waals surface area contributed by atoms with Crippen LogP contribution < -0.4 is 10.6 Å². The summed E-state index contributed by atoms with van der Waals surface area (Å²) in [6.45, 7) is 4.27. The van der Waals surface area contributed by atoms with Crippen LogP contribution in [0.4, 0.5) is 0 Å². The number of carbonyl (C=O) groups excluding carboxylic acids is 1. The SMILES string of the molecule is C[C@@H](NC(=O)CCC1CCNCC1)c1cccs1. The van der Waals surface area contributed by atoms with Gasteiger partial charge in [0.15, 0.2) is 0 Å². The van der Waals surface area contributed by atoms with Crippen molar-refractivity contribution in [2.75, 3.05) is 13.1 Å². The molecule has 100 valence electrons. The van der Waals surface area contributed by atoms with Crippen LogP contribution in [0.5, 0.6) is 0 Å². The second-order valence-corrected chi connectivity index (χ2v) is 6.02. The van der Waals surface area contributed by atoms with Gasteiger partial charge in [0.2, 0.25) is 5.91 Å². The van der Waals surface area contributed by atoms with Crippen LogP contribution in [0.1, 0.15) is 43.5 Å². The number of hydrogen-bond acceptors (Lipinski definition) is 3. The van der Waals surface area contributed by atoms with E-state index in [4.69, 9.17) is 0 Å². The van der Waals surface area contributed by atoms with Gasteiger partial charge in [-0.25, -0.2) is 0 Å². The Kier molecular flexibility index (Phi) is 5.20. The van der Waals surface area contributed by atoms with Crippen molar-refractivity contribution in [2.45, 2.75) is 38.6 Å². The van der Waals surface area contributed by atoms with Crippen LogP contribution in [0.2, 0.25) is 0 Å². The fourth-order valence-electron chi connectivity index (χ4n) is 2.43. The summed E-state index contributed by atoms with van der Waals surface area (Å²) < 4.78 is 0. The number of thiophene rings is 1. The van der Waals surface area contributed by atoms with Crippen molar-refractivity contribution in [1.29, 1.82) is 0 Å². The van der Waals surface area contributed by atoms with Crippen molar-refractivity contribution in [3.63, 3.8) is 0 Å². The first-order valence-electron chi connectivity index (χ1n) is 6.79. The zero-order chi connectivity index (χ0) is 12.8. The summed E-state index contributed by atoms with van der Waals surface area (Å²) >= 11 is 1.70. The molecule has 3 nitrogen and oxygen atoms in total. The minimum Gasteiger partial charge on any atom is -0.349 e. The monoisotopic (exact) mass is 266 g/mol. The first-order chi connectivity index (χ1) is 8.75.